The molecule has 2 rings (SSSR count). The lowest BCUT2D eigenvalue weighted by atomic mass is 10.2. The van der Waals surface area contributed by atoms with Crippen molar-refractivity contribution in [3.05, 3.63) is 54.0 Å². The first-order valence-corrected chi connectivity index (χ1v) is 4.88. The Hall–Kier alpha value is -2.74. The number of nitrogens with one attached hydrogen (secondary N) is 1. The third-order valence-corrected chi connectivity index (χ3v) is 2.10. The second-order valence-electron chi connectivity index (χ2n) is 3.22. The van der Waals surface area contributed by atoms with E-state index < -0.39 is 0 Å². The van der Waals surface area contributed by atoms with Crippen LogP contribution in [0.25, 0.3) is 0 Å². The zero-order chi connectivity index (χ0) is 12.1. The molecule has 0 aliphatic heterocycles. The Bertz CT molecular complexity index is 575. The number of aromatic nitrogens is 2. The van der Waals surface area contributed by atoms with Crippen LogP contribution in [0.2, 0.25) is 0 Å². The molecule has 0 aliphatic rings. The minimum Gasteiger partial charge on any atom is -0.305 e. The minimum absolute atomic E-state index is 0.219. The summed E-state index contributed by atoms with van der Waals surface area (Å²) in [4.78, 5) is 19.4. The van der Waals surface area contributed by atoms with Gasteiger partial charge in [0, 0.05) is 5.56 Å². The Balaban J connectivity index is 2.23. The van der Waals surface area contributed by atoms with E-state index in [0.717, 1.165) is 0 Å². The van der Waals surface area contributed by atoms with Crippen molar-refractivity contribution in [1.29, 1.82) is 5.26 Å². The molecule has 1 aromatic heterocycles. The van der Waals surface area contributed by atoms with Crippen LogP contribution in [0.4, 0.5) is 5.82 Å². The maximum absolute atomic E-state index is 11.8. The van der Waals surface area contributed by atoms with Crippen LogP contribution in [-0.4, -0.2) is 15.9 Å². The van der Waals surface area contributed by atoms with Crippen molar-refractivity contribution in [3.8, 4) is 6.07 Å². The van der Waals surface area contributed by atoms with Gasteiger partial charge >= 0.3 is 0 Å². The number of nitriles is 1. The second kappa shape index (κ2) is 4.86. The summed E-state index contributed by atoms with van der Waals surface area (Å²) in [6.07, 6.45) is 2.63. The fourth-order valence-electron chi connectivity index (χ4n) is 1.28. The van der Waals surface area contributed by atoms with Gasteiger partial charge in [0.25, 0.3) is 5.91 Å². The van der Waals surface area contributed by atoms with E-state index in [1.165, 1.54) is 12.5 Å². The van der Waals surface area contributed by atoms with Gasteiger partial charge in [0.2, 0.25) is 0 Å². The first-order chi connectivity index (χ1) is 8.31. The highest BCUT2D eigenvalue weighted by Crippen LogP contribution is 2.10. The molecule has 0 unspecified atom stereocenters. The van der Waals surface area contributed by atoms with Gasteiger partial charge in [-0.25, -0.2) is 9.97 Å². The molecule has 82 valence electrons. The lowest BCUT2D eigenvalue weighted by Gasteiger charge is -2.04. The largest absolute Gasteiger partial charge is 0.305 e. The summed E-state index contributed by atoms with van der Waals surface area (Å²) < 4.78 is 0. The van der Waals surface area contributed by atoms with Crippen molar-refractivity contribution in [2.24, 2.45) is 0 Å². The van der Waals surface area contributed by atoms with Gasteiger partial charge in [-0.15, -0.1) is 0 Å². The van der Waals surface area contributed by atoms with Gasteiger partial charge in [-0.1, -0.05) is 18.2 Å². The maximum atomic E-state index is 11.8. The van der Waals surface area contributed by atoms with E-state index in [1.807, 2.05) is 12.1 Å². The standard InChI is InChI=1S/C12H8N4O/c13-6-10-7-14-8-15-11(10)16-12(17)9-4-2-1-3-5-9/h1-5,7-8H,(H,14,15,16,17). The zero-order valence-corrected chi connectivity index (χ0v) is 8.79. The van der Waals surface area contributed by atoms with Crippen molar-refractivity contribution in [3.63, 3.8) is 0 Å². The van der Waals surface area contributed by atoms with Crippen molar-refractivity contribution < 1.29 is 4.79 Å². The van der Waals surface area contributed by atoms with E-state index >= 15 is 0 Å². The molecule has 0 spiro atoms. The average molecular weight is 224 g/mol. The third-order valence-electron chi connectivity index (χ3n) is 2.10. The number of rotatable bonds is 2. The smallest absolute Gasteiger partial charge is 0.256 e. The number of hydrogen-bond acceptors (Lipinski definition) is 4. The molecule has 5 heteroatoms. The van der Waals surface area contributed by atoms with Crippen LogP contribution < -0.4 is 5.32 Å². The van der Waals surface area contributed by atoms with E-state index in [0.29, 0.717) is 5.56 Å². The summed E-state index contributed by atoms with van der Waals surface area (Å²) >= 11 is 0. The van der Waals surface area contributed by atoms with Gasteiger partial charge in [0.15, 0.2) is 5.82 Å². The Morgan fingerprint density at radius 3 is 2.76 bits per heavy atom. The van der Waals surface area contributed by atoms with Crippen molar-refractivity contribution in [2.45, 2.75) is 0 Å². The molecule has 1 aromatic carbocycles. The van der Waals surface area contributed by atoms with Crippen LogP contribution in [-0.2, 0) is 0 Å². The molecular formula is C12H8N4O. The summed E-state index contributed by atoms with van der Waals surface area (Å²) in [6, 6.07) is 10.6. The quantitative estimate of drug-likeness (QED) is 0.840. The van der Waals surface area contributed by atoms with E-state index in [2.05, 4.69) is 15.3 Å². The van der Waals surface area contributed by atoms with Crippen molar-refractivity contribution >= 4 is 11.7 Å². The fourth-order valence-corrected chi connectivity index (χ4v) is 1.28. The maximum Gasteiger partial charge on any atom is 0.256 e. The van der Waals surface area contributed by atoms with Gasteiger partial charge in [0.1, 0.15) is 18.0 Å². The molecule has 1 N–H and O–H groups in total. The number of benzene rings is 1. The molecule has 2 aromatic rings. The Morgan fingerprint density at radius 1 is 1.29 bits per heavy atom. The lowest BCUT2D eigenvalue weighted by molar-refractivity contribution is 0.102. The van der Waals surface area contributed by atoms with Crippen LogP contribution in [0.1, 0.15) is 15.9 Å². The summed E-state index contributed by atoms with van der Waals surface area (Å²) in [5, 5.41) is 11.4. The summed E-state index contributed by atoms with van der Waals surface area (Å²) in [5.41, 5.74) is 0.742. The molecule has 0 saturated heterocycles. The Kier molecular flexibility index (Phi) is 3.08. The monoisotopic (exact) mass is 224 g/mol. The fraction of sp³-hybridized carbons (Fsp3) is 0. The van der Waals surface area contributed by atoms with Crippen LogP contribution >= 0.6 is 0 Å². The average Bonchev–Trinajstić information content (AvgIpc) is 2.40. The Morgan fingerprint density at radius 2 is 2.06 bits per heavy atom. The van der Waals surface area contributed by atoms with Crippen LogP contribution in [0.5, 0.6) is 0 Å². The van der Waals surface area contributed by atoms with Gasteiger partial charge < -0.3 is 5.32 Å². The molecule has 0 saturated carbocycles. The lowest BCUT2D eigenvalue weighted by Crippen LogP contribution is -2.14. The summed E-state index contributed by atoms with van der Waals surface area (Å²) in [6.45, 7) is 0. The van der Waals surface area contributed by atoms with E-state index in [4.69, 9.17) is 5.26 Å². The highest BCUT2D eigenvalue weighted by molar-refractivity contribution is 6.04. The van der Waals surface area contributed by atoms with Crippen molar-refractivity contribution in [2.75, 3.05) is 5.32 Å². The molecule has 0 radical (unpaired) electrons. The highest BCUT2D eigenvalue weighted by Gasteiger charge is 2.09. The van der Waals surface area contributed by atoms with Crippen molar-refractivity contribution in [1.82, 2.24) is 9.97 Å². The molecule has 1 heterocycles. The first kappa shape index (κ1) is 10.8. The SMILES string of the molecule is N#Cc1cncnc1NC(=O)c1ccccc1. The topological polar surface area (TPSA) is 78.7 Å². The predicted molar refractivity (Wildman–Crippen MR) is 61.1 cm³/mol. The molecule has 0 aliphatic carbocycles. The molecule has 0 bridgehead atoms. The number of nitrogens with zero attached hydrogens (tertiary/aromatic N) is 3. The number of hydrogen-bond donors (Lipinski definition) is 1. The summed E-state index contributed by atoms with van der Waals surface area (Å²) in [5.74, 6) is -0.0860. The molecule has 5 nitrogen and oxygen atoms in total. The Labute approximate surface area is 97.8 Å². The van der Waals surface area contributed by atoms with Gasteiger partial charge in [-0.3, -0.25) is 4.79 Å². The molecular weight excluding hydrogens is 216 g/mol. The zero-order valence-electron chi connectivity index (χ0n) is 8.79. The van der Waals surface area contributed by atoms with E-state index in [1.54, 1.807) is 24.3 Å². The van der Waals surface area contributed by atoms with E-state index in [-0.39, 0.29) is 17.3 Å². The molecule has 17 heavy (non-hydrogen) atoms. The normalized spacial score (nSPS) is 9.35. The van der Waals surface area contributed by atoms with Crippen LogP contribution in [0, 0.1) is 11.3 Å². The number of anilines is 1. The first-order valence-electron chi connectivity index (χ1n) is 4.88. The number of amides is 1. The molecule has 0 fully saturated rings. The van der Waals surface area contributed by atoms with Gasteiger partial charge in [0.05, 0.1) is 6.20 Å². The number of carbonyl (C=O) groups excluding carboxylic acids is 1. The highest BCUT2D eigenvalue weighted by atomic mass is 16.1. The van der Waals surface area contributed by atoms with Gasteiger partial charge in [-0.05, 0) is 12.1 Å². The predicted octanol–water partition coefficient (Wildman–Crippen LogP) is 1.60. The summed E-state index contributed by atoms with van der Waals surface area (Å²) in [7, 11) is 0. The van der Waals surface area contributed by atoms with Gasteiger partial charge in [-0.2, -0.15) is 5.26 Å². The molecule has 1 amide bonds. The van der Waals surface area contributed by atoms with E-state index in [9.17, 15) is 4.79 Å². The van der Waals surface area contributed by atoms with Crippen LogP contribution in [0.3, 0.4) is 0 Å². The minimum atomic E-state index is -0.305. The molecule has 0 atom stereocenters. The third kappa shape index (κ3) is 2.44. The second-order valence-corrected chi connectivity index (χ2v) is 3.22. The number of carbonyl (C=O) groups is 1. The van der Waals surface area contributed by atoms with Crippen LogP contribution in [0.15, 0.2) is 42.9 Å².